The maximum atomic E-state index is 11.8. The molecular weight excluding hydrogens is 228 g/mol. The van der Waals surface area contributed by atoms with Crippen molar-refractivity contribution in [2.45, 2.75) is 24.8 Å². The zero-order valence-corrected chi connectivity index (χ0v) is 10.1. The first-order valence-electron chi connectivity index (χ1n) is 4.86. The van der Waals surface area contributed by atoms with Gasteiger partial charge in [0.1, 0.15) is 4.90 Å². The lowest BCUT2D eigenvalue weighted by molar-refractivity contribution is 0.265. The van der Waals surface area contributed by atoms with Crippen LogP contribution in [0.4, 0.5) is 5.69 Å². The van der Waals surface area contributed by atoms with E-state index in [-0.39, 0.29) is 17.2 Å². The van der Waals surface area contributed by atoms with Crippen molar-refractivity contribution in [3.05, 3.63) is 23.8 Å². The number of nitrogens with one attached hydrogen (secondary N) is 1. The van der Waals surface area contributed by atoms with E-state index in [1.807, 2.05) is 6.92 Å². The first-order chi connectivity index (χ1) is 7.36. The number of nitrogen functional groups attached to an aromatic ring is 1. The van der Waals surface area contributed by atoms with Crippen LogP contribution in [0.1, 0.15) is 12.5 Å². The molecule has 1 rings (SSSR count). The Labute approximate surface area is 95.3 Å². The molecule has 90 valence electrons. The molecule has 6 heteroatoms. The third kappa shape index (κ3) is 2.94. The van der Waals surface area contributed by atoms with Gasteiger partial charge in [0, 0.05) is 6.04 Å². The maximum absolute atomic E-state index is 11.8. The van der Waals surface area contributed by atoms with Crippen LogP contribution >= 0.6 is 0 Å². The Morgan fingerprint density at radius 3 is 2.62 bits per heavy atom. The minimum Gasteiger partial charge on any atom is -0.398 e. The third-order valence-electron chi connectivity index (χ3n) is 2.09. The summed E-state index contributed by atoms with van der Waals surface area (Å²) < 4.78 is 26.0. The predicted octanol–water partition coefficient (Wildman–Crippen LogP) is 0.236. The second kappa shape index (κ2) is 4.82. The van der Waals surface area contributed by atoms with E-state index in [9.17, 15) is 8.42 Å². The Kier molecular flexibility index (Phi) is 3.90. The van der Waals surface area contributed by atoms with Gasteiger partial charge in [-0.15, -0.1) is 0 Å². The fourth-order valence-electron chi connectivity index (χ4n) is 1.28. The molecule has 5 nitrogen and oxygen atoms in total. The lowest BCUT2D eigenvalue weighted by Gasteiger charge is -2.13. The minimum atomic E-state index is -3.65. The molecule has 0 heterocycles. The monoisotopic (exact) mass is 244 g/mol. The second-order valence-corrected chi connectivity index (χ2v) is 5.43. The van der Waals surface area contributed by atoms with Gasteiger partial charge in [0.05, 0.1) is 12.3 Å². The van der Waals surface area contributed by atoms with Crippen LogP contribution in [0.3, 0.4) is 0 Å². The average Bonchev–Trinajstić information content (AvgIpc) is 2.16. The van der Waals surface area contributed by atoms with Gasteiger partial charge in [-0.25, -0.2) is 13.1 Å². The molecule has 0 aromatic heterocycles. The van der Waals surface area contributed by atoms with Gasteiger partial charge in [0.15, 0.2) is 0 Å². The molecule has 0 aliphatic rings. The van der Waals surface area contributed by atoms with E-state index in [0.717, 1.165) is 5.56 Å². The third-order valence-corrected chi connectivity index (χ3v) is 3.75. The lowest BCUT2D eigenvalue weighted by atomic mass is 10.2. The van der Waals surface area contributed by atoms with Crippen LogP contribution in [0.25, 0.3) is 0 Å². The Morgan fingerprint density at radius 2 is 2.12 bits per heavy atom. The number of rotatable bonds is 4. The molecule has 0 spiro atoms. The van der Waals surface area contributed by atoms with Crippen LogP contribution in [0, 0.1) is 6.92 Å². The molecule has 1 atom stereocenters. The number of sulfonamides is 1. The molecule has 0 saturated heterocycles. The molecule has 0 radical (unpaired) electrons. The first-order valence-corrected chi connectivity index (χ1v) is 6.34. The number of aryl methyl sites for hydroxylation is 1. The van der Waals surface area contributed by atoms with Crippen molar-refractivity contribution in [1.29, 1.82) is 0 Å². The molecular formula is C10H16N2O3S. The largest absolute Gasteiger partial charge is 0.398 e. The van der Waals surface area contributed by atoms with E-state index < -0.39 is 16.1 Å². The number of aliphatic hydroxyl groups excluding tert-OH is 1. The lowest BCUT2D eigenvalue weighted by Crippen LogP contribution is -2.35. The van der Waals surface area contributed by atoms with Crippen molar-refractivity contribution >= 4 is 15.7 Å². The highest BCUT2D eigenvalue weighted by Crippen LogP contribution is 2.19. The van der Waals surface area contributed by atoms with Gasteiger partial charge < -0.3 is 10.8 Å². The van der Waals surface area contributed by atoms with Gasteiger partial charge in [-0.3, -0.25) is 0 Å². The van der Waals surface area contributed by atoms with Crippen LogP contribution in [0.15, 0.2) is 23.1 Å². The fraction of sp³-hybridized carbons (Fsp3) is 0.400. The normalized spacial score (nSPS) is 13.7. The highest BCUT2D eigenvalue weighted by Gasteiger charge is 2.19. The Bertz CT molecular complexity index is 471. The van der Waals surface area contributed by atoms with E-state index in [0.29, 0.717) is 0 Å². The molecule has 1 aromatic rings. The molecule has 16 heavy (non-hydrogen) atoms. The van der Waals surface area contributed by atoms with E-state index in [2.05, 4.69) is 4.72 Å². The Hall–Kier alpha value is -1.11. The molecule has 0 aliphatic heterocycles. The summed E-state index contributed by atoms with van der Waals surface area (Å²) in [5.74, 6) is 0. The van der Waals surface area contributed by atoms with E-state index in [1.54, 1.807) is 19.1 Å². The standard InChI is InChI=1S/C10H16N2O3S/c1-7-3-4-10(9(11)5-7)16(14,15)12-8(2)6-13/h3-5,8,12-13H,6,11H2,1-2H3/t8-/m1/s1. The summed E-state index contributed by atoms with van der Waals surface area (Å²) in [6.45, 7) is 3.14. The minimum absolute atomic E-state index is 0.0402. The summed E-state index contributed by atoms with van der Waals surface area (Å²) in [5, 5.41) is 8.80. The van der Waals surface area contributed by atoms with Crippen LogP contribution in [-0.2, 0) is 10.0 Å². The van der Waals surface area contributed by atoms with Crippen molar-refractivity contribution in [3.63, 3.8) is 0 Å². The smallest absolute Gasteiger partial charge is 0.242 e. The van der Waals surface area contributed by atoms with E-state index in [1.165, 1.54) is 6.07 Å². The van der Waals surface area contributed by atoms with Gasteiger partial charge in [0.25, 0.3) is 0 Å². The van der Waals surface area contributed by atoms with Crippen LogP contribution in [0.5, 0.6) is 0 Å². The zero-order valence-electron chi connectivity index (χ0n) is 9.27. The molecule has 0 saturated carbocycles. The van der Waals surface area contributed by atoms with Crippen molar-refractivity contribution in [3.8, 4) is 0 Å². The number of hydrogen-bond acceptors (Lipinski definition) is 4. The van der Waals surface area contributed by atoms with Crippen molar-refractivity contribution in [1.82, 2.24) is 4.72 Å². The number of nitrogens with two attached hydrogens (primary N) is 1. The van der Waals surface area contributed by atoms with Gasteiger partial charge in [-0.2, -0.15) is 0 Å². The first kappa shape index (κ1) is 13.0. The quantitative estimate of drug-likeness (QED) is 0.661. The fourth-order valence-corrected chi connectivity index (χ4v) is 2.63. The van der Waals surface area contributed by atoms with Gasteiger partial charge in [-0.05, 0) is 31.5 Å². The molecule has 0 aliphatic carbocycles. The summed E-state index contributed by atoms with van der Waals surface area (Å²) >= 11 is 0. The van der Waals surface area contributed by atoms with Gasteiger partial charge >= 0.3 is 0 Å². The van der Waals surface area contributed by atoms with Gasteiger partial charge in [-0.1, -0.05) is 6.07 Å². The van der Waals surface area contributed by atoms with Crippen molar-refractivity contribution in [2.24, 2.45) is 0 Å². The average molecular weight is 244 g/mol. The zero-order chi connectivity index (χ0) is 12.3. The molecule has 1 aromatic carbocycles. The SMILES string of the molecule is Cc1ccc(S(=O)(=O)N[C@H](C)CO)c(N)c1. The molecule has 0 unspecified atom stereocenters. The predicted molar refractivity (Wildman–Crippen MR) is 62.5 cm³/mol. The summed E-state index contributed by atoms with van der Waals surface area (Å²) in [7, 11) is -3.65. The molecule has 0 fully saturated rings. The molecule has 0 bridgehead atoms. The maximum Gasteiger partial charge on any atom is 0.242 e. The summed E-state index contributed by atoms with van der Waals surface area (Å²) in [5.41, 5.74) is 6.74. The molecule has 0 amide bonds. The summed E-state index contributed by atoms with van der Waals surface area (Å²) in [6.07, 6.45) is 0. The highest BCUT2D eigenvalue weighted by atomic mass is 32.2. The summed E-state index contributed by atoms with van der Waals surface area (Å²) in [6, 6.07) is 4.19. The Balaban J connectivity index is 3.08. The van der Waals surface area contributed by atoms with Crippen LogP contribution in [-0.4, -0.2) is 26.2 Å². The van der Waals surface area contributed by atoms with Crippen molar-refractivity contribution in [2.75, 3.05) is 12.3 Å². The number of benzene rings is 1. The number of anilines is 1. The molecule has 4 N–H and O–H groups in total. The summed E-state index contributed by atoms with van der Waals surface area (Å²) in [4.78, 5) is 0.0402. The van der Waals surface area contributed by atoms with Crippen LogP contribution < -0.4 is 10.5 Å². The highest BCUT2D eigenvalue weighted by molar-refractivity contribution is 7.89. The topological polar surface area (TPSA) is 92.4 Å². The number of aliphatic hydroxyl groups is 1. The van der Waals surface area contributed by atoms with E-state index in [4.69, 9.17) is 10.8 Å². The second-order valence-electron chi connectivity index (χ2n) is 3.75. The van der Waals surface area contributed by atoms with Crippen LogP contribution in [0.2, 0.25) is 0 Å². The van der Waals surface area contributed by atoms with Gasteiger partial charge in [0.2, 0.25) is 10.0 Å². The Morgan fingerprint density at radius 1 is 1.50 bits per heavy atom. The van der Waals surface area contributed by atoms with E-state index >= 15 is 0 Å². The van der Waals surface area contributed by atoms with Crippen molar-refractivity contribution < 1.29 is 13.5 Å². The number of hydrogen-bond donors (Lipinski definition) is 3.